The van der Waals surface area contributed by atoms with E-state index >= 15 is 0 Å². The molecule has 1 heterocycles. The van der Waals surface area contributed by atoms with E-state index in [2.05, 4.69) is 26.1 Å². The lowest BCUT2D eigenvalue weighted by atomic mass is 9.80. The number of hydrogen-bond donors (Lipinski definition) is 1. The van der Waals surface area contributed by atoms with Crippen LogP contribution in [0, 0.1) is 5.41 Å². The van der Waals surface area contributed by atoms with E-state index in [0.717, 1.165) is 45.4 Å². The Kier molecular flexibility index (Phi) is 5.26. The fourth-order valence-corrected chi connectivity index (χ4v) is 2.25. The minimum absolute atomic E-state index is 0.132. The van der Waals surface area contributed by atoms with Crippen LogP contribution in [0.4, 0.5) is 0 Å². The van der Waals surface area contributed by atoms with E-state index in [4.69, 9.17) is 0 Å². The lowest BCUT2D eigenvalue weighted by Gasteiger charge is -2.36. The zero-order valence-corrected chi connectivity index (χ0v) is 11.0. The van der Waals surface area contributed by atoms with Crippen molar-refractivity contribution in [3.05, 3.63) is 0 Å². The first-order valence-corrected chi connectivity index (χ1v) is 6.64. The minimum atomic E-state index is -0.132. The molecule has 1 rings (SSSR count). The monoisotopic (exact) mass is 226 g/mol. The number of nitrogens with one attached hydrogen (secondary N) is 1. The Morgan fingerprint density at radius 3 is 2.44 bits per heavy atom. The molecule has 1 aliphatic heterocycles. The Morgan fingerprint density at radius 1 is 1.31 bits per heavy atom. The van der Waals surface area contributed by atoms with Crippen LogP contribution in [0.25, 0.3) is 0 Å². The van der Waals surface area contributed by atoms with Crippen LogP contribution >= 0.6 is 0 Å². The number of carbonyl (C=O) groups excluding carboxylic acids is 1. The molecule has 0 aliphatic carbocycles. The first kappa shape index (κ1) is 13.5. The maximum atomic E-state index is 12.5. The molecule has 1 aliphatic rings. The summed E-state index contributed by atoms with van der Waals surface area (Å²) in [5.74, 6) is 0.366. The Hall–Kier alpha value is -0.570. The van der Waals surface area contributed by atoms with Crippen LogP contribution < -0.4 is 5.32 Å². The molecule has 3 heteroatoms. The van der Waals surface area contributed by atoms with Crippen LogP contribution in [0.1, 0.15) is 46.5 Å². The average molecular weight is 226 g/mol. The largest absolute Gasteiger partial charge is 0.340 e. The summed E-state index contributed by atoms with van der Waals surface area (Å²) in [7, 11) is 0. The van der Waals surface area contributed by atoms with Gasteiger partial charge in [-0.15, -0.1) is 0 Å². The maximum absolute atomic E-state index is 12.5. The molecule has 1 amide bonds. The van der Waals surface area contributed by atoms with Crippen LogP contribution in [0.3, 0.4) is 0 Å². The number of rotatable bonds is 5. The molecule has 1 saturated heterocycles. The van der Waals surface area contributed by atoms with E-state index in [1.807, 2.05) is 4.90 Å². The van der Waals surface area contributed by atoms with Gasteiger partial charge < -0.3 is 10.2 Å². The van der Waals surface area contributed by atoms with Crippen molar-refractivity contribution >= 4 is 5.91 Å². The van der Waals surface area contributed by atoms with E-state index in [9.17, 15) is 4.79 Å². The van der Waals surface area contributed by atoms with Gasteiger partial charge in [0.05, 0.1) is 0 Å². The number of amides is 1. The highest BCUT2D eigenvalue weighted by molar-refractivity contribution is 5.82. The van der Waals surface area contributed by atoms with E-state index in [0.29, 0.717) is 5.91 Å². The molecule has 1 fully saturated rings. The SMILES string of the molecule is CCCCC(C)(CC)C(=O)N1CCNCC1. The molecule has 0 aromatic rings. The van der Waals surface area contributed by atoms with Crippen molar-refractivity contribution < 1.29 is 4.79 Å². The van der Waals surface area contributed by atoms with Gasteiger partial charge in [-0.05, 0) is 12.8 Å². The Labute approximate surface area is 99.6 Å². The van der Waals surface area contributed by atoms with Crippen molar-refractivity contribution in [3.63, 3.8) is 0 Å². The first-order valence-electron chi connectivity index (χ1n) is 6.64. The second kappa shape index (κ2) is 6.24. The number of carbonyl (C=O) groups is 1. The molecule has 3 nitrogen and oxygen atoms in total. The van der Waals surface area contributed by atoms with Crippen LogP contribution in [-0.2, 0) is 4.79 Å². The van der Waals surface area contributed by atoms with Gasteiger partial charge in [-0.3, -0.25) is 4.79 Å². The third kappa shape index (κ3) is 3.21. The minimum Gasteiger partial charge on any atom is -0.340 e. The zero-order valence-electron chi connectivity index (χ0n) is 11.0. The lowest BCUT2D eigenvalue weighted by molar-refractivity contribution is -0.142. The van der Waals surface area contributed by atoms with Crippen LogP contribution in [0.15, 0.2) is 0 Å². The normalized spacial score (nSPS) is 20.6. The molecule has 0 aromatic carbocycles. The van der Waals surface area contributed by atoms with Crippen molar-refractivity contribution in [1.29, 1.82) is 0 Å². The van der Waals surface area contributed by atoms with Crippen molar-refractivity contribution in [2.24, 2.45) is 5.41 Å². The maximum Gasteiger partial charge on any atom is 0.228 e. The molecule has 0 bridgehead atoms. The lowest BCUT2D eigenvalue weighted by Crippen LogP contribution is -2.51. The van der Waals surface area contributed by atoms with Gasteiger partial charge in [-0.2, -0.15) is 0 Å². The summed E-state index contributed by atoms with van der Waals surface area (Å²) >= 11 is 0. The average Bonchev–Trinajstić information content (AvgIpc) is 2.36. The number of hydrogen-bond acceptors (Lipinski definition) is 2. The summed E-state index contributed by atoms with van der Waals surface area (Å²) in [6.07, 6.45) is 4.31. The van der Waals surface area contributed by atoms with Crippen molar-refractivity contribution in [2.45, 2.75) is 46.5 Å². The fourth-order valence-electron chi connectivity index (χ4n) is 2.25. The number of nitrogens with zero attached hydrogens (tertiary/aromatic N) is 1. The highest BCUT2D eigenvalue weighted by Gasteiger charge is 2.34. The molecule has 94 valence electrons. The summed E-state index contributed by atoms with van der Waals surface area (Å²) < 4.78 is 0. The summed E-state index contributed by atoms with van der Waals surface area (Å²) in [4.78, 5) is 14.5. The predicted octanol–water partition coefficient (Wildman–Crippen LogP) is 2.02. The standard InChI is InChI=1S/C13H26N2O/c1-4-6-7-13(3,5-2)12(16)15-10-8-14-9-11-15/h14H,4-11H2,1-3H3. The molecular weight excluding hydrogens is 200 g/mol. The third-order valence-electron chi connectivity index (χ3n) is 3.78. The second-order valence-corrected chi connectivity index (χ2v) is 5.06. The summed E-state index contributed by atoms with van der Waals surface area (Å²) in [6.45, 7) is 10.1. The highest BCUT2D eigenvalue weighted by Crippen LogP contribution is 2.30. The van der Waals surface area contributed by atoms with Gasteiger partial charge in [0.15, 0.2) is 0 Å². The quantitative estimate of drug-likeness (QED) is 0.778. The van der Waals surface area contributed by atoms with Gasteiger partial charge in [-0.1, -0.05) is 33.6 Å². The molecule has 1 unspecified atom stereocenters. The second-order valence-electron chi connectivity index (χ2n) is 5.06. The topological polar surface area (TPSA) is 32.3 Å². The summed E-state index contributed by atoms with van der Waals surface area (Å²) in [5, 5.41) is 3.29. The smallest absolute Gasteiger partial charge is 0.228 e. The first-order chi connectivity index (χ1) is 7.64. The number of piperazine rings is 1. The number of unbranched alkanes of at least 4 members (excludes halogenated alkanes) is 1. The fraction of sp³-hybridized carbons (Fsp3) is 0.923. The molecule has 0 spiro atoms. The van der Waals surface area contributed by atoms with Gasteiger partial charge in [0.2, 0.25) is 5.91 Å². The van der Waals surface area contributed by atoms with Crippen molar-refractivity contribution in [2.75, 3.05) is 26.2 Å². The van der Waals surface area contributed by atoms with Crippen molar-refractivity contribution in [3.8, 4) is 0 Å². The van der Waals surface area contributed by atoms with E-state index in [1.54, 1.807) is 0 Å². The molecule has 0 aromatic heterocycles. The highest BCUT2D eigenvalue weighted by atomic mass is 16.2. The molecule has 16 heavy (non-hydrogen) atoms. The van der Waals surface area contributed by atoms with Crippen LogP contribution in [0.5, 0.6) is 0 Å². The van der Waals surface area contributed by atoms with E-state index in [-0.39, 0.29) is 5.41 Å². The van der Waals surface area contributed by atoms with Gasteiger partial charge in [0.25, 0.3) is 0 Å². The Bertz CT molecular complexity index is 224. The molecular formula is C13H26N2O. The van der Waals surface area contributed by atoms with Gasteiger partial charge in [0.1, 0.15) is 0 Å². The van der Waals surface area contributed by atoms with Crippen LogP contribution in [0.2, 0.25) is 0 Å². The van der Waals surface area contributed by atoms with Crippen molar-refractivity contribution in [1.82, 2.24) is 10.2 Å². The van der Waals surface area contributed by atoms with Gasteiger partial charge >= 0.3 is 0 Å². The van der Waals surface area contributed by atoms with Crippen LogP contribution in [-0.4, -0.2) is 37.0 Å². The molecule has 0 saturated carbocycles. The van der Waals surface area contributed by atoms with E-state index < -0.39 is 0 Å². The summed E-state index contributed by atoms with van der Waals surface area (Å²) in [5.41, 5.74) is -0.132. The van der Waals surface area contributed by atoms with E-state index in [1.165, 1.54) is 6.42 Å². The molecule has 0 radical (unpaired) electrons. The Morgan fingerprint density at radius 2 is 1.94 bits per heavy atom. The molecule has 1 atom stereocenters. The zero-order chi connectivity index (χ0) is 12.0. The van der Waals surface area contributed by atoms with Gasteiger partial charge in [-0.25, -0.2) is 0 Å². The summed E-state index contributed by atoms with van der Waals surface area (Å²) in [6, 6.07) is 0. The third-order valence-corrected chi connectivity index (χ3v) is 3.78. The Balaban J connectivity index is 2.59. The molecule has 1 N–H and O–H groups in total. The van der Waals surface area contributed by atoms with Gasteiger partial charge in [0, 0.05) is 31.6 Å². The predicted molar refractivity (Wildman–Crippen MR) is 67.4 cm³/mol.